The number of carbonyl (C=O) groups is 1. The lowest BCUT2D eigenvalue weighted by Gasteiger charge is -2.32. The summed E-state index contributed by atoms with van der Waals surface area (Å²) in [4.78, 5) is 15.0. The Morgan fingerprint density at radius 2 is 1.78 bits per heavy atom. The highest BCUT2D eigenvalue weighted by Gasteiger charge is 2.23. The van der Waals surface area contributed by atoms with Gasteiger partial charge in [-0.15, -0.1) is 0 Å². The second-order valence-electron chi connectivity index (χ2n) is 8.67. The summed E-state index contributed by atoms with van der Waals surface area (Å²) >= 11 is 6.17. The van der Waals surface area contributed by atoms with Gasteiger partial charge in [0.05, 0.1) is 18.8 Å². The molecule has 1 amide bonds. The Bertz CT molecular complexity index is 1020. The van der Waals surface area contributed by atoms with E-state index in [-0.39, 0.29) is 25.0 Å². The van der Waals surface area contributed by atoms with Crippen LogP contribution >= 0.6 is 11.6 Å². The van der Waals surface area contributed by atoms with Crippen LogP contribution in [0.2, 0.25) is 5.02 Å². The summed E-state index contributed by atoms with van der Waals surface area (Å²) < 4.78 is 25.6. The standard InChI is InChI=1S/C24H32ClN3O3S/c1-18-12-14-27(15-13-18)22-10-8-20(9-11-22)19(2)26-24(29)17-28(32(3,30)31)16-21-6-4-5-7-23(21)25/h4-11,18-19H,12-17H2,1-3H3,(H,26,29)/t19-/m0/s1. The van der Waals surface area contributed by atoms with Gasteiger partial charge < -0.3 is 10.2 Å². The Kier molecular flexibility index (Phi) is 8.20. The summed E-state index contributed by atoms with van der Waals surface area (Å²) in [5, 5.41) is 3.38. The number of halogens is 1. The van der Waals surface area contributed by atoms with Gasteiger partial charge in [-0.1, -0.05) is 48.9 Å². The van der Waals surface area contributed by atoms with Crippen molar-refractivity contribution in [3.05, 3.63) is 64.7 Å². The quantitative estimate of drug-likeness (QED) is 0.618. The molecule has 1 atom stereocenters. The average Bonchev–Trinajstić information content (AvgIpc) is 2.74. The molecule has 8 heteroatoms. The van der Waals surface area contributed by atoms with E-state index in [2.05, 4.69) is 29.3 Å². The fraction of sp³-hybridized carbons (Fsp3) is 0.458. The van der Waals surface area contributed by atoms with Crippen LogP contribution in [0.4, 0.5) is 5.69 Å². The lowest BCUT2D eigenvalue weighted by Crippen LogP contribution is -2.40. The van der Waals surface area contributed by atoms with Crippen LogP contribution in [0.5, 0.6) is 0 Å². The molecule has 174 valence electrons. The van der Waals surface area contributed by atoms with Crippen molar-refractivity contribution in [2.24, 2.45) is 5.92 Å². The van der Waals surface area contributed by atoms with Crippen molar-refractivity contribution in [2.75, 3.05) is 30.8 Å². The molecule has 1 N–H and O–H groups in total. The van der Waals surface area contributed by atoms with E-state index in [1.54, 1.807) is 24.3 Å². The van der Waals surface area contributed by atoms with Crippen molar-refractivity contribution >= 4 is 33.2 Å². The topological polar surface area (TPSA) is 69.7 Å². The Hall–Kier alpha value is -2.09. The van der Waals surface area contributed by atoms with Gasteiger partial charge in [-0.25, -0.2) is 8.42 Å². The third kappa shape index (κ3) is 6.70. The molecule has 0 radical (unpaired) electrons. The SMILES string of the molecule is CC1CCN(c2ccc([C@H](C)NC(=O)CN(Cc3ccccc3Cl)S(C)(=O)=O)cc2)CC1. The maximum absolute atomic E-state index is 12.6. The van der Waals surface area contributed by atoms with Crippen molar-refractivity contribution in [2.45, 2.75) is 39.3 Å². The van der Waals surface area contributed by atoms with E-state index in [0.29, 0.717) is 10.6 Å². The molecule has 1 fully saturated rings. The number of hydrogen-bond donors (Lipinski definition) is 1. The molecule has 2 aromatic carbocycles. The average molecular weight is 478 g/mol. The van der Waals surface area contributed by atoms with Crippen LogP contribution in [0.15, 0.2) is 48.5 Å². The van der Waals surface area contributed by atoms with Gasteiger partial charge in [0.2, 0.25) is 15.9 Å². The predicted molar refractivity (Wildman–Crippen MR) is 130 cm³/mol. The number of sulfonamides is 1. The monoisotopic (exact) mass is 477 g/mol. The van der Waals surface area contributed by atoms with Gasteiger partial charge in [0.25, 0.3) is 0 Å². The molecule has 0 bridgehead atoms. The van der Waals surface area contributed by atoms with Crippen LogP contribution in [0.3, 0.4) is 0 Å². The summed E-state index contributed by atoms with van der Waals surface area (Å²) in [6, 6.07) is 15.0. The first kappa shape index (κ1) is 24.6. The van der Waals surface area contributed by atoms with Crippen LogP contribution in [0.1, 0.15) is 43.9 Å². The number of benzene rings is 2. The largest absolute Gasteiger partial charge is 0.372 e. The van der Waals surface area contributed by atoms with Gasteiger partial charge in [-0.05, 0) is 55.0 Å². The van der Waals surface area contributed by atoms with E-state index < -0.39 is 10.0 Å². The Morgan fingerprint density at radius 3 is 2.38 bits per heavy atom. The van der Waals surface area contributed by atoms with Crippen molar-refractivity contribution in [3.63, 3.8) is 0 Å². The lowest BCUT2D eigenvalue weighted by molar-refractivity contribution is -0.122. The first-order valence-electron chi connectivity index (χ1n) is 11.0. The smallest absolute Gasteiger partial charge is 0.235 e. The fourth-order valence-corrected chi connectivity index (χ4v) is 4.80. The fourth-order valence-electron chi connectivity index (χ4n) is 3.88. The second-order valence-corrected chi connectivity index (χ2v) is 11.1. The maximum atomic E-state index is 12.6. The number of anilines is 1. The van der Waals surface area contributed by atoms with Gasteiger partial charge in [-0.2, -0.15) is 4.31 Å². The lowest BCUT2D eigenvalue weighted by atomic mass is 9.98. The Balaban J connectivity index is 1.60. The summed E-state index contributed by atoms with van der Waals surface area (Å²) in [5.41, 5.74) is 2.83. The molecule has 32 heavy (non-hydrogen) atoms. The van der Waals surface area contributed by atoms with Gasteiger partial charge in [0.15, 0.2) is 0 Å². The molecule has 1 aliphatic heterocycles. The number of carbonyl (C=O) groups excluding carboxylic acids is 1. The zero-order chi connectivity index (χ0) is 23.3. The molecule has 2 aromatic rings. The third-order valence-corrected chi connectivity index (χ3v) is 7.58. The molecule has 6 nitrogen and oxygen atoms in total. The van der Waals surface area contributed by atoms with Crippen molar-refractivity contribution in [3.8, 4) is 0 Å². The molecule has 1 aliphatic rings. The van der Waals surface area contributed by atoms with Gasteiger partial charge in [0.1, 0.15) is 0 Å². The Morgan fingerprint density at radius 1 is 1.16 bits per heavy atom. The molecule has 3 rings (SSSR count). The normalized spacial score (nSPS) is 16.2. The van der Waals surface area contributed by atoms with Crippen molar-refractivity contribution in [1.82, 2.24) is 9.62 Å². The van der Waals surface area contributed by atoms with Crippen LogP contribution in [0.25, 0.3) is 0 Å². The minimum Gasteiger partial charge on any atom is -0.372 e. The van der Waals surface area contributed by atoms with Crippen LogP contribution < -0.4 is 10.2 Å². The number of nitrogens with zero attached hydrogens (tertiary/aromatic N) is 2. The minimum absolute atomic E-state index is 0.0451. The summed E-state index contributed by atoms with van der Waals surface area (Å²) in [5.74, 6) is 0.425. The highest BCUT2D eigenvalue weighted by Crippen LogP contribution is 2.25. The first-order valence-corrected chi connectivity index (χ1v) is 13.2. The molecule has 1 saturated heterocycles. The second kappa shape index (κ2) is 10.7. The molecule has 0 spiro atoms. The first-order chi connectivity index (χ1) is 15.1. The summed E-state index contributed by atoms with van der Waals surface area (Å²) in [6.07, 6.45) is 3.51. The van der Waals surface area contributed by atoms with E-state index in [4.69, 9.17) is 11.6 Å². The highest BCUT2D eigenvalue weighted by atomic mass is 35.5. The van der Waals surface area contributed by atoms with Crippen LogP contribution in [-0.4, -0.2) is 44.5 Å². The van der Waals surface area contributed by atoms with Gasteiger partial charge in [0, 0.05) is 30.3 Å². The molecule has 0 unspecified atom stereocenters. The zero-order valence-corrected chi connectivity index (χ0v) is 20.5. The molecular weight excluding hydrogens is 446 g/mol. The summed E-state index contributed by atoms with van der Waals surface area (Å²) in [6.45, 7) is 6.11. The van der Waals surface area contributed by atoms with Crippen molar-refractivity contribution in [1.29, 1.82) is 0 Å². The Labute approximate surface area is 196 Å². The number of piperidine rings is 1. The molecular formula is C24H32ClN3O3S. The number of amides is 1. The van der Waals surface area contributed by atoms with E-state index in [1.807, 2.05) is 19.1 Å². The van der Waals surface area contributed by atoms with Gasteiger partial charge >= 0.3 is 0 Å². The van der Waals surface area contributed by atoms with Gasteiger partial charge in [-0.3, -0.25) is 4.79 Å². The minimum atomic E-state index is -3.59. The van der Waals surface area contributed by atoms with Crippen molar-refractivity contribution < 1.29 is 13.2 Å². The van der Waals surface area contributed by atoms with Crippen LogP contribution in [0, 0.1) is 5.92 Å². The molecule has 0 aromatic heterocycles. The number of rotatable bonds is 8. The van der Waals surface area contributed by atoms with Crippen LogP contribution in [-0.2, 0) is 21.4 Å². The van der Waals surface area contributed by atoms with E-state index in [0.717, 1.165) is 35.1 Å². The number of nitrogens with one attached hydrogen (secondary N) is 1. The van der Waals surface area contributed by atoms with E-state index in [1.165, 1.54) is 18.5 Å². The summed E-state index contributed by atoms with van der Waals surface area (Å²) in [7, 11) is -3.59. The van der Waals surface area contributed by atoms with E-state index in [9.17, 15) is 13.2 Å². The molecule has 0 aliphatic carbocycles. The van der Waals surface area contributed by atoms with E-state index >= 15 is 0 Å². The highest BCUT2D eigenvalue weighted by molar-refractivity contribution is 7.88. The predicted octanol–water partition coefficient (Wildman–Crippen LogP) is 4.22. The molecule has 0 saturated carbocycles. The zero-order valence-electron chi connectivity index (χ0n) is 18.9. The maximum Gasteiger partial charge on any atom is 0.235 e. The molecule has 1 heterocycles. The third-order valence-electron chi connectivity index (χ3n) is 6.01. The number of hydrogen-bond acceptors (Lipinski definition) is 4.